The van der Waals surface area contributed by atoms with E-state index in [1.807, 2.05) is 27.8 Å². The van der Waals surface area contributed by atoms with Gasteiger partial charge in [0.2, 0.25) is 0 Å². The first-order chi connectivity index (χ1) is 8.38. The van der Waals surface area contributed by atoms with Crippen LogP contribution in [-0.4, -0.2) is 28.9 Å². The Balaban J connectivity index is 2.76. The summed E-state index contributed by atoms with van der Waals surface area (Å²) < 4.78 is 7.58. The molecule has 1 unspecified atom stereocenters. The molecule has 102 valence electrons. The molecule has 1 heterocycles. The van der Waals surface area contributed by atoms with Crippen molar-refractivity contribution in [1.29, 1.82) is 0 Å². The van der Waals surface area contributed by atoms with Crippen LogP contribution < -0.4 is 5.32 Å². The van der Waals surface area contributed by atoms with Crippen LogP contribution in [0.2, 0.25) is 0 Å². The van der Waals surface area contributed by atoms with E-state index in [0.717, 1.165) is 15.9 Å². The molecule has 1 rings (SSSR count). The monoisotopic (exact) mass is 317 g/mol. The Kier molecular flexibility index (Phi) is 5.34. The van der Waals surface area contributed by atoms with E-state index in [4.69, 9.17) is 4.74 Å². The van der Waals surface area contributed by atoms with Gasteiger partial charge in [-0.05, 0) is 28.8 Å². The fraction of sp³-hybridized carbons (Fsp3) is 0.667. The fourth-order valence-corrected chi connectivity index (χ4v) is 2.27. The van der Waals surface area contributed by atoms with Gasteiger partial charge in [0.25, 0.3) is 0 Å². The van der Waals surface area contributed by atoms with Gasteiger partial charge in [0, 0.05) is 13.6 Å². The minimum absolute atomic E-state index is 0.172. The van der Waals surface area contributed by atoms with Gasteiger partial charge in [-0.2, -0.15) is 5.10 Å². The maximum Gasteiger partial charge on any atom is 0.323 e. The summed E-state index contributed by atoms with van der Waals surface area (Å²) in [5.41, 5.74) is 1.95. The van der Waals surface area contributed by atoms with E-state index >= 15 is 0 Å². The zero-order chi connectivity index (χ0) is 13.9. The van der Waals surface area contributed by atoms with Crippen molar-refractivity contribution >= 4 is 21.9 Å². The largest absolute Gasteiger partial charge is 0.468 e. The topological polar surface area (TPSA) is 56.1 Å². The number of aromatic nitrogens is 2. The van der Waals surface area contributed by atoms with Crippen molar-refractivity contribution < 1.29 is 9.53 Å². The van der Waals surface area contributed by atoms with Gasteiger partial charge < -0.3 is 4.74 Å². The van der Waals surface area contributed by atoms with Crippen LogP contribution in [0, 0.1) is 12.8 Å². The summed E-state index contributed by atoms with van der Waals surface area (Å²) in [6.07, 6.45) is 0. The van der Waals surface area contributed by atoms with E-state index in [9.17, 15) is 4.79 Å². The molecule has 1 aromatic heterocycles. The number of methoxy groups -OCH3 is 1. The van der Waals surface area contributed by atoms with Crippen molar-refractivity contribution in [1.82, 2.24) is 15.1 Å². The van der Waals surface area contributed by atoms with Crippen molar-refractivity contribution in [2.75, 3.05) is 7.11 Å². The molecule has 0 fully saturated rings. The van der Waals surface area contributed by atoms with Crippen LogP contribution in [0.1, 0.15) is 25.2 Å². The molecule has 0 aromatic carbocycles. The molecular formula is C12H20BrN3O2. The average Bonchev–Trinajstić information content (AvgIpc) is 2.54. The van der Waals surface area contributed by atoms with Crippen molar-refractivity contribution in [3.63, 3.8) is 0 Å². The zero-order valence-corrected chi connectivity index (χ0v) is 13.0. The lowest BCUT2D eigenvalue weighted by Crippen LogP contribution is -2.41. The Morgan fingerprint density at radius 1 is 1.56 bits per heavy atom. The number of hydrogen-bond donors (Lipinski definition) is 1. The number of nitrogens with zero attached hydrogens (tertiary/aromatic N) is 2. The highest BCUT2D eigenvalue weighted by molar-refractivity contribution is 9.10. The Morgan fingerprint density at radius 2 is 2.17 bits per heavy atom. The average molecular weight is 318 g/mol. The number of carbonyl (C=O) groups is 1. The molecule has 1 atom stereocenters. The molecule has 0 aliphatic rings. The third-order valence-corrected chi connectivity index (χ3v) is 3.90. The molecule has 1 N–H and O–H groups in total. The molecule has 0 saturated heterocycles. The molecule has 5 nitrogen and oxygen atoms in total. The quantitative estimate of drug-likeness (QED) is 0.841. The minimum Gasteiger partial charge on any atom is -0.468 e. The number of rotatable bonds is 5. The molecule has 1 aromatic rings. The number of hydrogen-bond acceptors (Lipinski definition) is 4. The second-order valence-electron chi connectivity index (χ2n) is 4.60. The Bertz CT molecular complexity index is 429. The molecule has 6 heteroatoms. The molecule has 18 heavy (non-hydrogen) atoms. The van der Waals surface area contributed by atoms with Gasteiger partial charge in [-0.15, -0.1) is 0 Å². The highest BCUT2D eigenvalue weighted by Crippen LogP contribution is 2.20. The molecule has 0 aliphatic heterocycles. The van der Waals surface area contributed by atoms with Gasteiger partial charge in [-0.25, -0.2) is 0 Å². The van der Waals surface area contributed by atoms with Crippen LogP contribution in [0.15, 0.2) is 4.47 Å². The summed E-state index contributed by atoms with van der Waals surface area (Å²) in [4.78, 5) is 11.6. The lowest BCUT2D eigenvalue weighted by atomic mass is 10.0. The lowest BCUT2D eigenvalue weighted by Gasteiger charge is -2.19. The molecular weight excluding hydrogens is 298 g/mol. The first-order valence-corrected chi connectivity index (χ1v) is 6.67. The zero-order valence-electron chi connectivity index (χ0n) is 11.5. The van der Waals surface area contributed by atoms with Gasteiger partial charge in [0.15, 0.2) is 0 Å². The lowest BCUT2D eigenvalue weighted by molar-refractivity contribution is -0.144. The summed E-state index contributed by atoms with van der Waals surface area (Å²) in [6, 6.07) is -0.308. The predicted octanol–water partition coefficient (Wildman–Crippen LogP) is 1.78. The van der Waals surface area contributed by atoms with Crippen LogP contribution in [-0.2, 0) is 23.1 Å². The number of halogens is 1. The first kappa shape index (κ1) is 15.2. The van der Waals surface area contributed by atoms with Crippen molar-refractivity contribution in [2.45, 2.75) is 33.4 Å². The van der Waals surface area contributed by atoms with Gasteiger partial charge in [-0.3, -0.25) is 14.8 Å². The van der Waals surface area contributed by atoms with Gasteiger partial charge in [0.1, 0.15) is 6.04 Å². The molecule has 0 spiro atoms. The van der Waals surface area contributed by atoms with E-state index in [-0.39, 0.29) is 17.9 Å². The highest BCUT2D eigenvalue weighted by atomic mass is 79.9. The summed E-state index contributed by atoms with van der Waals surface area (Å²) in [5.74, 6) is -0.0643. The van der Waals surface area contributed by atoms with Gasteiger partial charge in [0.05, 0.1) is 23.0 Å². The number of carbonyl (C=O) groups excluding carboxylic acids is 1. The highest BCUT2D eigenvalue weighted by Gasteiger charge is 2.23. The van der Waals surface area contributed by atoms with Crippen LogP contribution in [0.4, 0.5) is 0 Å². The van der Waals surface area contributed by atoms with E-state index in [1.165, 1.54) is 7.11 Å². The first-order valence-electron chi connectivity index (χ1n) is 5.87. The van der Waals surface area contributed by atoms with Crippen LogP contribution in [0.5, 0.6) is 0 Å². The predicted molar refractivity (Wildman–Crippen MR) is 73.1 cm³/mol. The smallest absolute Gasteiger partial charge is 0.323 e. The molecule has 0 amide bonds. The number of esters is 1. The summed E-state index contributed by atoms with van der Waals surface area (Å²) in [6.45, 7) is 6.47. The van der Waals surface area contributed by atoms with E-state index in [2.05, 4.69) is 26.3 Å². The van der Waals surface area contributed by atoms with Gasteiger partial charge >= 0.3 is 5.97 Å². The number of aryl methyl sites for hydroxylation is 2. The Hall–Kier alpha value is -0.880. The van der Waals surface area contributed by atoms with E-state index in [1.54, 1.807) is 4.68 Å². The second-order valence-corrected chi connectivity index (χ2v) is 5.39. The third-order valence-electron chi connectivity index (χ3n) is 2.87. The maximum absolute atomic E-state index is 11.6. The fourth-order valence-electron chi connectivity index (χ4n) is 1.80. The Morgan fingerprint density at radius 3 is 2.56 bits per heavy atom. The SMILES string of the molecule is COC(=O)C(NCc1c(Br)c(C)nn1C)C(C)C. The standard InChI is InChI=1S/C12H20BrN3O2/c1-7(2)11(12(17)18-5)14-6-9-10(13)8(3)15-16(9)4/h7,11,14H,6H2,1-5H3. The third kappa shape index (κ3) is 3.32. The molecule has 0 aliphatic carbocycles. The van der Waals surface area contributed by atoms with E-state index in [0.29, 0.717) is 6.54 Å². The van der Waals surface area contributed by atoms with Crippen LogP contribution >= 0.6 is 15.9 Å². The minimum atomic E-state index is -0.308. The Labute approximate surface area is 116 Å². The van der Waals surface area contributed by atoms with Crippen molar-refractivity contribution in [3.05, 3.63) is 15.9 Å². The van der Waals surface area contributed by atoms with Crippen molar-refractivity contribution in [3.8, 4) is 0 Å². The van der Waals surface area contributed by atoms with Crippen LogP contribution in [0.3, 0.4) is 0 Å². The normalized spacial score (nSPS) is 12.8. The van der Waals surface area contributed by atoms with Crippen LogP contribution in [0.25, 0.3) is 0 Å². The van der Waals surface area contributed by atoms with Crippen molar-refractivity contribution in [2.24, 2.45) is 13.0 Å². The molecule has 0 saturated carbocycles. The number of ether oxygens (including phenoxy) is 1. The molecule has 0 radical (unpaired) electrons. The van der Waals surface area contributed by atoms with E-state index < -0.39 is 0 Å². The summed E-state index contributed by atoms with van der Waals surface area (Å²) in [7, 11) is 3.29. The summed E-state index contributed by atoms with van der Waals surface area (Å²) in [5, 5.41) is 7.53. The molecule has 0 bridgehead atoms. The summed E-state index contributed by atoms with van der Waals surface area (Å²) >= 11 is 3.50. The number of nitrogens with one attached hydrogen (secondary N) is 1. The second kappa shape index (κ2) is 6.33. The van der Waals surface area contributed by atoms with Gasteiger partial charge in [-0.1, -0.05) is 13.8 Å². The maximum atomic E-state index is 11.6.